The van der Waals surface area contributed by atoms with Gasteiger partial charge in [0.25, 0.3) is 0 Å². The average molecular weight is 450 g/mol. The topological polar surface area (TPSA) is 63.2 Å². The van der Waals surface area contributed by atoms with Gasteiger partial charge in [-0.1, -0.05) is 46.6 Å². The van der Waals surface area contributed by atoms with Gasteiger partial charge in [-0.05, 0) is 43.7 Å². The molecule has 3 rings (SSSR count). The molecule has 0 unspecified atom stereocenters. The Balaban J connectivity index is 1.70. The van der Waals surface area contributed by atoms with Crippen molar-refractivity contribution in [3.63, 3.8) is 0 Å². The number of nitrogens with zero attached hydrogens (tertiary/aromatic N) is 2. The number of hydrogen-bond acceptors (Lipinski definition) is 4. The first-order valence-corrected chi connectivity index (χ1v) is 10.5. The van der Waals surface area contributed by atoms with Crippen LogP contribution in [-0.2, 0) is 11.4 Å². The third-order valence-corrected chi connectivity index (χ3v) is 5.36. The lowest BCUT2D eigenvalue weighted by atomic mass is 10.0. The first kappa shape index (κ1) is 22.2. The minimum Gasteiger partial charge on any atom is -0.497 e. The van der Waals surface area contributed by atoms with Crippen molar-refractivity contribution in [1.29, 1.82) is 0 Å². The van der Waals surface area contributed by atoms with Gasteiger partial charge >= 0.3 is 6.03 Å². The van der Waals surface area contributed by atoms with Crippen LogP contribution in [0.2, 0.25) is 10.0 Å². The van der Waals surface area contributed by atoms with Crippen LogP contribution in [-0.4, -0.2) is 42.4 Å². The number of carbonyl (C=O) groups excluding carboxylic acids is 1. The van der Waals surface area contributed by atoms with Crippen LogP contribution in [0.15, 0.2) is 47.6 Å². The quantitative estimate of drug-likeness (QED) is 0.637. The lowest BCUT2D eigenvalue weighted by Gasteiger charge is -2.26. The Hall–Kier alpha value is -2.44. The van der Waals surface area contributed by atoms with Gasteiger partial charge in [-0.15, -0.1) is 0 Å². The first-order valence-electron chi connectivity index (χ1n) is 9.72. The summed E-state index contributed by atoms with van der Waals surface area (Å²) in [6, 6.07) is 12.9. The summed E-state index contributed by atoms with van der Waals surface area (Å²) in [4.78, 5) is 20.1. The standard InChI is InChI=1S/C22H25Cl2N3O3/c1-14(2)25-22(28)27(12-15-5-4-6-17(9-15)29-3)13-18-11-21(26-30-18)16-7-8-19(23)20(24)10-16/h4-10,14,18H,11-13H2,1-3H3,(H,25,28)/t18-/m1/s1. The molecular weight excluding hydrogens is 425 g/mol. The van der Waals surface area contributed by atoms with Crippen molar-refractivity contribution in [2.24, 2.45) is 5.16 Å². The number of methoxy groups -OCH3 is 1. The summed E-state index contributed by atoms with van der Waals surface area (Å²) in [6.45, 7) is 4.68. The molecule has 8 heteroatoms. The second-order valence-corrected chi connectivity index (χ2v) is 8.25. The number of oxime groups is 1. The maximum atomic E-state index is 12.8. The summed E-state index contributed by atoms with van der Waals surface area (Å²) in [7, 11) is 1.62. The van der Waals surface area contributed by atoms with E-state index in [-0.39, 0.29) is 18.2 Å². The fraction of sp³-hybridized carbons (Fsp3) is 0.364. The molecule has 0 bridgehead atoms. The van der Waals surface area contributed by atoms with Crippen LogP contribution in [0, 0.1) is 0 Å². The van der Waals surface area contributed by atoms with E-state index < -0.39 is 0 Å². The van der Waals surface area contributed by atoms with E-state index in [2.05, 4.69) is 10.5 Å². The van der Waals surface area contributed by atoms with Gasteiger partial charge in [0, 0.05) is 24.6 Å². The Morgan fingerprint density at radius 2 is 2.07 bits per heavy atom. The molecule has 2 aromatic carbocycles. The highest BCUT2D eigenvalue weighted by molar-refractivity contribution is 6.42. The average Bonchev–Trinajstić information content (AvgIpc) is 3.18. The SMILES string of the molecule is COc1cccc(CN(C[C@H]2CC(c3ccc(Cl)c(Cl)c3)=NO2)C(=O)NC(C)C)c1. The van der Waals surface area contributed by atoms with Crippen LogP contribution < -0.4 is 10.1 Å². The molecule has 2 aromatic rings. The second-order valence-electron chi connectivity index (χ2n) is 7.43. The molecule has 2 amide bonds. The number of ether oxygens (including phenoxy) is 1. The summed E-state index contributed by atoms with van der Waals surface area (Å²) in [6.07, 6.45) is 0.319. The van der Waals surface area contributed by atoms with Crippen LogP contribution in [0.4, 0.5) is 4.79 Å². The number of halogens is 2. The van der Waals surface area contributed by atoms with Crippen molar-refractivity contribution in [2.75, 3.05) is 13.7 Å². The molecule has 1 aliphatic heterocycles. The van der Waals surface area contributed by atoms with E-state index in [0.717, 1.165) is 22.6 Å². The zero-order valence-corrected chi connectivity index (χ0v) is 18.7. The van der Waals surface area contributed by atoms with Crippen LogP contribution in [0.1, 0.15) is 31.4 Å². The Morgan fingerprint density at radius 1 is 1.27 bits per heavy atom. The summed E-state index contributed by atoms with van der Waals surface area (Å²) in [5.41, 5.74) is 2.61. The lowest BCUT2D eigenvalue weighted by Crippen LogP contribution is -2.45. The third kappa shape index (κ3) is 5.80. The minimum atomic E-state index is -0.252. The molecule has 1 atom stereocenters. The molecule has 0 spiro atoms. The van der Waals surface area contributed by atoms with Crippen LogP contribution in [0.5, 0.6) is 5.75 Å². The molecule has 1 heterocycles. The van der Waals surface area contributed by atoms with Crippen molar-refractivity contribution in [3.8, 4) is 5.75 Å². The van der Waals surface area contributed by atoms with Gasteiger partial charge in [0.05, 0.1) is 29.4 Å². The number of benzene rings is 2. The number of amides is 2. The molecule has 0 saturated heterocycles. The summed E-state index contributed by atoms with van der Waals surface area (Å²) < 4.78 is 5.29. The van der Waals surface area contributed by atoms with E-state index in [0.29, 0.717) is 29.6 Å². The molecule has 30 heavy (non-hydrogen) atoms. The fourth-order valence-electron chi connectivity index (χ4n) is 3.17. The van der Waals surface area contributed by atoms with Crippen LogP contribution in [0.3, 0.4) is 0 Å². The number of urea groups is 1. The molecule has 0 radical (unpaired) electrons. The first-order chi connectivity index (χ1) is 14.4. The second kappa shape index (κ2) is 10.0. The molecule has 6 nitrogen and oxygen atoms in total. The van der Waals surface area contributed by atoms with E-state index in [9.17, 15) is 4.79 Å². The van der Waals surface area contributed by atoms with Crippen molar-refractivity contribution in [1.82, 2.24) is 10.2 Å². The van der Waals surface area contributed by atoms with E-state index in [1.54, 1.807) is 24.1 Å². The summed E-state index contributed by atoms with van der Waals surface area (Å²) >= 11 is 12.1. The number of rotatable bonds is 7. The highest BCUT2D eigenvalue weighted by Crippen LogP contribution is 2.26. The zero-order valence-electron chi connectivity index (χ0n) is 17.2. The molecule has 0 fully saturated rings. The smallest absolute Gasteiger partial charge is 0.318 e. The number of hydrogen-bond donors (Lipinski definition) is 1. The monoisotopic (exact) mass is 449 g/mol. The van der Waals surface area contributed by atoms with Crippen LogP contribution >= 0.6 is 23.2 Å². The maximum absolute atomic E-state index is 12.8. The van der Waals surface area contributed by atoms with Gasteiger partial charge < -0.3 is 19.8 Å². The minimum absolute atomic E-state index is 0.0258. The van der Waals surface area contributed by atoms with Gasteiger partial charge in [0.2, 0.25) is 0 Å². The highest BCUT2D eigenvalue weighted by Gasteiger charge is 2.27. The zero-order chi connectivity index (χ0) is 21.7. The molecule has 0 aliphatic carbocycles. The van der Waals surface area contributed by atoms with Gasteiger partial charge in [-0.2, -0.15) is 0 Å². The Kier molecular flexibility index (Phi) is 7.45. The largest absolute Gasteiger partial charge is 0.497 e. The van der Waals surface area contributed by atoms with Crippen molar-refractivity contribution < 1.29 is 14.4 Å². The lowest BCUT2D eigenvalue weighted by molar-refractivity contribution is 0.0586. The Morgan fingerprint density at radius 3 is 2.77 bits per heavy atom. The number of nitrogens with one attached hydrogen (secondary N) is 1. The summed E-state index contributed by atoms with van der Waals surface area (Å²) in [5.74, 6) is 0.749. The summed E-state index contributed by atoms with van der Waals surface area (Å²) in [5, 5.41) is 8.12. The third-order valence-electron chi connectivity index (χ3n) is 4.62. The molecule has 0 saturated carbocycles. The van der Waals surface area contributed by atoms with Gasteiger partial charge in [0.15, 0.2) is 6.10 Å². The van der Waals surface area contributed by atoms with E-state index in [1.165, 1.54) is 0 Å². The predicted octanol–water partition coefficient (Wildman–Crippen LogP) is 5.12. The predicted molar refractivity (Wildman–Crippen MR) is 120 cm³/mol. The van der Waals surface area contributed by atoms with Crippen molar-refractivity contribution >= 4 is 34.9 Å². The molecular formula is C22H25Cl2N3O3. The Bertz CT molecular complexity index is 934. The molecule has 1 N–H and O–H groups in total. The molecule has 1 aliphatic rings. The Labute approximate surface area is 186 Å². The van der Waals surface area contributed by atoms with Gasteiger partial charge in [-0.25, -0.2) is 4.79 Å². The molecule has 160 valence electrons. The van der Waals surface area contributed by atoms with E-state index >= 15 is 0 Å². The fourth-order valence-corrected chi connectivity index (χ4v) is 3.47. The number of carbonyl (C=O) groups is 1. The van der Waals surface area contributed by atoms with Gasteiger partial charge in [0.1, 0.15) is 5.75 Å². The van der Waals surface area contributed by atoms with Crippen LogP contribution in [0.25, 0.3) is 0 Å². The molecule has 0 aromatic heterocycles. The maximum Gasteiger partial charge on any atom is 0.318 e. The van der Waals surface area contributed by atoms with Gasteiger partial charge in [-0.3, -0.25) is 0 Å². The normalized spacial score (nSPS) is 15.5. The van der Waals surface area contributed by atoms with E-state index in [1.807, 2.05) is 44.2 Å². The highest BCUT2D eigenvalue weighted by atomic mass is 35.5. The van der Waals surface area contributed by atoms with Crippen molar-refractivity contribution in [3.05, 3.63) is 63.6 Å². The van der Waals surface area contributed by atoms with E-state index in [4.69, 9.17) is 32.8 Å². The van der Waals surface area contributed by atoms with Crippen molar-refractivity contribution in [2.45, 2.75) is 39.0 Å².